The van der Waals surface area contributed by atoms with E-state index in [1.807, 2.05) is 0 Å². The molecule has 2 N–H and O–H groups in total. The Kier molecular flexibility index (Phi) is 7.29. The van der Waals surface area contributed by atoms with Crippen LogP contribution in [0.2, 0.25) is 0 Å². The number of hydrogen-bond acceptors (Lipinski definition) is 5. The van der Waals surface area contributed by atoms with Gasteiger partial charge in [0.2, 0.25) is 15.9 Å². The highest BCUT2D eigenvalue weighted by Crippen LogP contribution is 2.22. The molecule has 166 valence electrons. The van der Waals surface area contributed by atoms with Crippen LogP contribution in [0.3, 0.4) is 0 Å². The van der Waals surface area contributed by atoms with Crippen LogP contribution in [0.25, 0.3) is 0 Å². The lowest BCUT2D eigenvalue weighted by Crippen LogP contribution is -2.38. The molecular formula is C22H27N3O5S. The van der Waals surface area contributed by atoms with E-state index in [4.69, 9.17) is 4.74 Å². The maximum Gasteiger partial charge on any atom is 0.253 e. The standard InChI is InChI=1S/C22H27N3O5S/c1-16-8-3-6-12-20(16)25(31(2,28)29)15-21(26)24-19-11-5-4-10-18(19)22(27)23-14-17-9-7-13-30-17/h3-6,8,10-12,17H,7,9,13-15H2,1-2H3,(H,23,27)(H,24,26). The summed E-state index contributed by atoms with van der Waals surface area (Å²) in [5.41, 5.74) is 1.78. The Morgan fingerprint density at radius 1 is 1.13 bits per heavy atom. The van der Waals surface area contributed by atoms with Crippen LogP contribution in [0.15, 0.2) is 48.5 Å². The van der Waals surface area contributed by atoms with Crippen molar-refractivity contribution in [2.24, 2.45) is 0 Å². The van der Waals surface area contributed by atoms with E-state index < -0.39 is 22.5 Å². The van der Waals surface area contributed by atoms with Gasteiger partial charge in [0.1, 0.15) is 6.54 Å². The summed E-state index contributed by atoms with van der Waals surface area (Å²) in [5, 5.41) is 5.51. The SMILES string of the molecule is Cc1ccccc1N(CC(=O)Nc1ccccc1C(=O)NCC1CCCO1)S(C)(=O)=O. The van der Waals surface area contributed by atoms with Gasteiger partial charge < -0.3 is 15.4 Å². The quantitative estimate of drug-likeness (QED) is 0.649. The van der Waals surface area contributed by atoms with E-state index in [1.165, 1.54) is 0 Å². The number of benzene rings is 2. The third-order valence-corrected chi connectivity index (χ3v) is 6.16. The highest BCUT2D eigenvalue weighted by Gasteiger charge is 2.23. The van der Waals surface area contributed by atoms with Gasteiger partial charge in [-0.3, -0.25) is 13.9 Å². The predicted molar refractivity (Wildman–Crippen MR) is 120 cm³/mol. The van der Waals surface area contributed by atoms with E-state index in [0.29, 0.717) is 30.1 Å². The van der Waals surface area contributed by atoms with Crippen LogP contribution in [-0.4, -0.2) is 52.3 Å². The van der Waals surface area contributed by atoms with Crippen molar-refractivity contribution >= 4 is 33.2 Å². The summed E-state index contributed by atoms with van der Waals surface area (Å²) in [4.78, 5) is 25.4. The molecule has 0 spiro atoms. The van der Waals surface area contributed by atoms with E-state index >= 15 is 0 Å². The first-order valence-electron chi connectivity index (χ1n) is 10.1. The highest BCUT2D eigenvalue weighted by atomic mass is 32.2. The maximum atomic E-state index is 12.7. The molecule has 0 saturated carbocycles. The Morgan fingerprint density at radius 3 is 2.52 bits per heavy atom. The smallest absolute Gasteiger partial charge is 0.253 e. The van der Waals surface area contributed by atoms with Crippen molar-refractivity contribution in [2.45, 2.75) is 25.9 Å². The number of aryl methyl sites for hydroxylation is 1. The molecule has 2 aromatic rings. The Balaban J connectivity index is 1.72. The molecule has 2 amide bonds. The molecule has 31 heavy (non-hydrogen) atoms. The molecule has 1 fully saturated rings. The zero-order valence-electron chi connectivity index (χ0n) is 17.6. The second-order valence-electron chi connectivity index (χ2n) is 7.49. The number of amides is 2. The first-order valence-corrected chi connectivity index (χ1v) is 11.9. The second-order valence-corrected chi connectivity index (χ2v) is 9.40. The molecule has 0 aliphatic carbocycles. The van der Waals surface area contributed by atoms with E-state index in [1.54, 1.807) is 55.5 Å². The summed E-state index contributed by atoms with van der Waals surface area (Å²) >= 11 is 0. The van der Waals surface area contributed by atoms with E-state index in [9.17, 15) is 18.0 Å². The topological polar surface area (TPSA) is 105 Å². The average Bonchev–Trinajstić information content (AvgIpc) is 3.24. The van der Waals surface area contributed by atoms with Gasteiger partial charge in [0, 0.05) is 13.2 Å². The number of ether oxygens (including phenoxy) is 1. The number of nitrogens with one attached hydrogen (secondary N) is 2. The number of nitrogens with zero attached hydrogens (tertiary/aromatic N) is 1. The van der Waals surface area contributed by atoms with Crippen molar-refractivity contribution in [1.82, 2.24) is 5.32 Å². The van der Waals surface area contributed by atoms with Gasteiger partial charge >= 0.3 is 0 Å². The Morgan fingerprint density at radius 2 is 1.84 bits per heavy atom. The number of sulfonamides is 1. The fourth-order valence-electron chi connectivity index (χ4n) is 3.44. The monoisotopic (exact) mass is 445 g/mol. The zero-order chi connectivity index (χ0) is 22.4. The average molecular weight is 446 g/mol. The predicted octanol–water partition coefficient (Wildman–Crippen LogP) is 2.31. The number of anilines is 2. The second kappa shape index (κ2) is 9.93. The van der Waals surface area contributed by atoms with Gasteiger partial charge in [0.25, 0.3) is 5.91 Å². The minimum Gasteiger partial charge on any atom is -0.376 e. The molecule has 1 unspecified atom stereocenters. The fourth-order valence-corrected chi connectivity index (χ4v) is 4.36. The van der Waals surface area contributed by atoms with Crippen molar-refractivity contribution in [3.05, 3.63) is 59.7 Å². The van der Waals surface area contributed by atoms with E-state index in [-0.39, 0.29) is 12.0 Å². The Hall–Kier alpha value is -2.91. The van der Waals surface area contributed by atoms with Crippen LogP contribution in [0, 0.1) is 6.92 Å². The van der Waals surface area contributed by atoms with Crippen molar-refractivity contribution in [1.29, 1.82) is 0 Å². The lowest BCUT2D eigenvalue weighted by atomic mass is 10.1. The molecule has 1 aliphatic rings. The van der Waals surface area contributed by atoms with E-state index in [0.717, 1.165) is 29.0 Å². The van der Waals surface area contributed by atoms with Crippen LogP contribution in [0.4, 0.5) is 11.4 Å². The fraction of sp³-hybridized carbons (Fsp3) is 0.364. The van der Waals surface area contributed by atoms with Gasteiger partial charge in [-0.2, -0.15) is 0 Å². The van der Waals surface area contributed by atoms with Crippen molar-refractivity contribution in [3.8, 4) is 0 Å². The highest BCUT2D eigenvalue weighted by molar-refractivity contribution is 7.92. The number of hydrogen-bond donors (Lipinski definition) is 2. The van der Waals surface area contributed by atoms with Crippen molar-refractivity contribution < 1.29 is 22.7 Å². The molecule has 2 aromatic carbocycles. The molecule has 0 radical (unpaired) electrons. The van der Waals surface area contributed by atoms with Crippen LogP contribution in [-0.2, 0) is 19.6 Å². The molecule has 1 aliphatic heterocycles. The summed E-state index contributed by atoms with van der Waals surface area (Å²) in [6, 6.07) is 13.6. The van der Waals surface area contributed by atoms with Gasteiger partial charge in [-0.1, -0.05) is 30.3 Å². The molecule has 8 nitrogen and oxygen atoms in total. The summed E-state index contributed by atoms with van der Waals surface area (Å²) < 4.78 is 31.2. The lowest BCUT2D eigenvalue weighted by molar-refractivity contribution is -0.114. The molecule has 1 saturated heterocycles. The number of carbonyl (C=O) groups is 2. The normalized spacial score (nSPS) is 16.0. The maximum absolute atomic E-state index is 12.7. The van der Waals surface area contributed by atoms with Crippen LogP contribution in [0.1, 0.15) is 28.8 Å². The van der Waals surface area contributed by atoms with Crippen molar-refractivity contribution in [3.63, 3.8) is 0 Å². The van der Waals surface area contributed by atoms with Gasteiger partial charge in [-0.05, 0) is 43.5 Å². The summed E-state index contributed by atoms with van der Waals surface area (Å²) in [5.74, 6) is -0.877. The minimum absolute atomic E-state index is 0.00290. The first-order chi connectivity index (χ1) is 14.8. The lowest BCUT2D eigenvalue weighted by Gasteiger charge is -2.23. The van der Waals surface area contributed by atoms with Crippen LogP contribution >= 0.6 is 0 Å². The van der Waals surface area contributed by atoms with Gasteiger partial charge in [0.15, 0.2) is 0 Å². The summed E-state index contributed by atoms with van der Waals surface area (Å²) in [6.07, 6.45) is 2.94. The third-order valence-electron chi connectivity index (χ3n) is 5.03. The minimum atomic E-state index is -3.69. The summed E-state index contributed by atoms with van der Waals surface area (Å²) in [6.45, 7) is 2.47. The van der Waals surface area contributed by atoms with Crippen molar-refractivity contribution in [2.75, 3.05) is 35.6 Å². The molecule has 1 heterocycles. The van der Waals surface area contributed by atoms with Gasteiger partial charge in [0.05, 0.1) is 29.3 Å². The molecule has 3 rings (SSSR count). The van der Waals surface area contributed by atoms with Crippen LogP contribution < -0.4 is 14.9 Å². The Bertz CT molecular complexity index is 1050. The Labute approximate surface area is 182 Å². The third kappa shape index (κ3) is 6.05. The molecule has 9 heteroatoms. The largest absolute Gasteiger partial charge is 0.376 e. The number of rotatable bonds is 8. The van der Waals surface area contributed by atoms with Gasteiger partial charge in [-0.15, -0.1) is 0 Å². The zero-order valence-corrected chi connectivity index (χ0v) is 18.4. The molecular weight excluding hydrogens is 418 g/mol. The molecule has 0 bridgehead atoms. The van der Waals surface area contributed by atoms with Crippen LogP contribution in [0.5, 0.6) is 0 Å². The number of para-hydroxylation sites is 2. The van der Waals surface area contributed by atoms with E-state index in [2.05, 4.69) is 10.6 Å². The first kappa shape index (κ1) is 22.8. The molecule has 0 aromatic heterocycles. The summed E-state index contributed by atoms with van der Waals surface area (Å²) in [7, 11) is -3.69. The number of carbonyl (C=O) groups excluding carboxylic acids is 2. The van der Waals surface area contributed by atoms with Gasteiger partial charge in [-0.25, -0.2) is 8.42 Å². The molecule has 1 atom stereocenters.